The van der Waals surface area contributed by atoms with Gasteiger partial charge in [-0.3, -0.25) is 4.98 Å². The maximum atomic E-state index is 14.3. The molecule has 5 N–H and O–H groups in total. The van der Waals surface area contributed by atoms with Crippen LogP contribution in [0, 0.1) is 37.2 Å². The number of halogens is 3. The number of aliphatic hydroxyl groups excluding tert-OH is 2. The van der Waals surface area contributed by atoms with Gasteiger partial charge in [-0.25, -0.2) is 23.1 Å². The fraction of sp³-hybridized carbons (Fsp3) is 0.448. The number of aliphatic hydroxyl groups is 3. The number of anilines is 2. The van der Waals surface area contributed by atoms with E-state index in [-0.39, 0.29) is 30.3 Å². The van der Waals surface area contributed by atoms with Crippen molar-refractivity contribution >= 4 is 33.3 Å². The molecule has 0 unspecified atom stereocenters. The first-order valence-corrected chi connectivity index (χ1v) is 14.6. The summed E-state index contributed by atoms with van der Waals surface area (Å²) in [6, 6.07) is 2.37. The smallest absolute Gasteiger partial charge is 0.225 e. The Hall–Kier alpha value is -3.39. The first-order valence-electron chi connectivity index (χ1n) is 13.8. The highest BCUT2D eigenvalue weighted by atomic mass is 32.1. The maximum Gasteiger partial charge on any atom is 0.225 e. The van der Waals surface area contributed by atoms with E-state index in [2.05, 4.69) is 25.6 Å². The van der Waals surface area contributed by atoms with Crippen molar-refractivity contribution in [2.45, 2.75) is 77.4 Å². The molecule has 5 rings (SSSR count). The molecule has 0 spiro atoms. The van der Waals surface area contributed by atoms with Crippen molar-refractivity contribution in [2.24, 2.45) is 5.92 Å². The lowest BCUT2D eigenvalue weighted by atomic mass is 9.80. The Balaban J connectivity index is 1.54. The Bertz CT molecular complexity index is 1590. The van der Waals surface area contributed by atoms with Crippen molar-refractivity contribution in [2.75, 3.05) is 10.6 Å². The Kier molecular flexibility index (Phi) is 8.39. The van der Waals surface area contributed by atoms with Crippen molar-refractivity contribution in [1.29, 1.82) is 0 Å². The molecule has 1 saturated carbocycles. The first kappa shape index (κ1) is 30.1. The second-order valence-electron chi connectivity index (χ2n) is 10.7. The number of benzene rings is 1. The molecule has 9 nitrogen and oxygen atoms in total. The van der Waals surface area contributed by atoms with Gasteiger partial charge < -0.3 is 26.0 Å². The van der Waals surface area contributed by atoms with Crippen molar-refractivity contribution < 1.29 is 28.5 Å². The number of rotatable bonds is 9. The largest absolute Gasteiger partial charge is 0.390 e. The molecular weight excluding hydrogens is 569 g/mol. The molecular formula is C29H33F3N6O3S. The lowest BCUT2D eigenvalue weighted by Crippen LogP contribution is -2.43. The molecule has 1 aliphatic rings. The van der Waals surface area contributed by atoms with Crippen molar-refractivity contribution in [1.82, 2.24) is 19.9 Å². The molecule has 0 bridgehead atoms. The molecule has 1 aliphatic carbocycles. The van der Waals surface area contributed by atoms with E-state index in [0.29, 0.717) is 41.2 Å². The van der Waals surface area contributed by atoms with Crippen LogP contribution in [0.3, 0.4) is 0 Å². The number of hydrogen-bond acceptors (Lipinski definition) is 10. The summed E-state index contributed by atoms with van der Waals surface area (Å²) < 4.78 is 42.8. The summed E-state index contributed by atoms with van der Waals surface area (Å²) in [5, 5.41) is 39.7. The van der Waals surface area contributed by atoms with Crippen LogP contribution < -0.4 is 10.6 Å². The fourth-order valence-corrected chi connectivity index (χ4v) is 6.78. The molecule has 0 amide bonds. The van der Waals surface area contributed by atoms with Gasteiger partial charge in [0.1, 0.15) is 39.9 Å². The third-order valence-electron chi connectivity index (χ3n) is 8.24. The lowest BCUT2D eigenvalue weighted by molar-refractivity contribution is -0.0843. The molecule has 3 aromatic heterocycles. The Labute approximate surface area is 244 Å². The van der Waals surface area contributed by atoms with Crippen LogP contribution >= 0.6 is 11.3 Å². The number of fused-ring (bicyclic) bond motifs is 1. The summed E-state index contributed by atoms with van der Waals surface area (Å²) in [5.74, 6) is -3.37. The number of thiazole rings is 1. The summed E-state index contributed by atoms with van der Waals surface area (Å²) in [6.45, 7) is 6.91. The highest BCUT2D eigenvalue weighted by Crippen LogP contribution is 2.42. The minimum atomic E-state index is -1.21. The summed E-state index contributed by atoms with van der Waals surface area (Å²) in [7, 11) is 0. The highest BCUT2D eigenvalue weighted by molar-refractivity contribution is 7.21. The van der Waals surface area contributed by atoms with Gasteiger partial charge >= 0.3 is 0 Å². The molecule has 3 heterocycles. The third kappa shape index (κ3) is 5.53. The third-order valence-corrected chi connectivity index (χ3v) is 9.28. The number of aryl methyl sites for hydroxylation is 2. The first-order chi connectivity index (χ1) is 19.9. The molecule has 0 radical (unpaired) electrons. The summed E-state index contributed by atoms with van der Waals surface area (Å²) >= 11 is 1.41. The van der Waals surface area contributed by atoms with Crippen molar-refractivity contribution in [3.8, 4) is 10.6 Å². The van der Waals surface area contributed by atoms with E-state index in [1.54, 1.807) is 13.1 Å². The molecule has 13 heteroatoms. The van der Waals surface area contributed by atoms with E-state index in [1.807, 2.05) is 26.8 Å². The minimum absolute atomic E-state index is 0.0315. The SMILES string of the molecule is CCC(O)(CC)[C@H]1C[C@@H](Nc2nc(NCc3c(F)cc(F)cc3F)nc(C)c2-c2nc3c(C)nccc3s2)[C@H](O)[C@@H]1O. The summed E-state index contributed by atoms with van der Waals surface area (Å²) in [6.07, 6.45) is 0.404. The van der Waals surface area contributed by atoms with Gasteiger partial charge in [-0.1, -0.05) is 13.8 Å². The topological polar surface area (TPSA) is 136 Å². The molecule has 0 saturated heterocycles. The van der Waals surface area contributed by atoms with Crippen LogP contribution in [0.2, 0.25) is 0 Å². The van der Waals surface area contributed by atoms with Crippen LogP contribution in [0.25, 0.3) is 20.8 Å². The zero-order valence-electron chi connectivity index (χ0n) is 23.6. The van der Waals surface area contributed by atoms with Gasteiger partial charge in [-0.05, 0) is 39.2 Å². The zero-order valence-corrected chi connectivity index (χ0v) is 24.4. The molecule has 1 aromatic carbocycles. The second-order valence-corrected chi connectivity index (χ2v) is 11.7. The Morgan fingerprint density at radius 1 is 1.00 bits per heavy atom. The minimum Gasteiger partial charge on any atom is -0.390 e. The van der Waals surface area contributed by atoms with Gasteiger partial charge in [-0.15, -0.1) is 11.3 Å². The lowest BCUT2D eigenvalue weighted by Gasteiger charge is -2.34. The molecule has 0 aliphatic heterocycles. The number of hydrogen-bond donors (Lipinski definition) is 5. The summed E-state index contributed by atoms with van der Waals surface area (Å²) in [5.41, 5.74) is 0.977. The van der Waals surface area contributed by atoms with Gasteiger partial charge in [-0.2, -0.15) is 4.98 Å². The number of nitrogens with one attached hydrogen (secondary N) is 2. The monoisotopic (exact) mass is 602 g/mol. The average Bonchev–Trinajstić information content (AvgIpc) is 3.49. The van der Waals surface area contributed by atoms with Crippen LogP contribution in [-0.4, -0.2) is 59.1 Å². The van der Waals surface area contributed by atoms with E-state index in [4.69, 9.17) is 4.98 Å². The van der Waals surface area contributed by atoms with Gasteiger partial charge in [0.2, 0.25) is 5.95 Å². The van der Waals surface area contributed by atoms with Crippen LogP contribution in [0.15, 0.2) is 24.4 Å². The maximum absolute atomic E-state index is 14.3. The van der Waals surface area contributed by atoms with Crippen molar-refractivity contribution in [3.05, 3.63) is 58.8 Å². The van der Waals surface area contributed by atoms with Crippen LogP contribution in [0.1, 0.15) is 50.1 Å². The quantitative estimate of drug-likeness (QED) is 0.182. The van der Waals surface area contributed by atoms with Gasteiger partial charge in [0, 0.05) is 36.4 Å². The van der Waals surface area contributed by atoms with Crippen molar-refractivity contribution in [3.63, 3.8) is 0 Å². The number of aromatic nitrogens is 4. The molecule has 224 valence electrons. The second kappa shape index (κ2) is 11.7. The van der Waals surface area contributed by atoms with Gasteiger partial charge in [0.05, 0.1) is 39.4 Å². The van der Waals surface area contributed by atoms with Gasteiger partial charge in [0.25, 0.3) is 0 Å². The van der Waals surface area contributed by atoms with Crippen LogP contribution in [0.4, 0.5) is 24.9 Å². The number of pyridine rings is 1. The number of nitrogens with zero attached hydrogens (tertiary/aromatic N) is 4. The standard InChI is InChI=1S/C29H33F3N6O3S/c1-5-29(41,6-2)17-11-20(25(40)24(17)39)36-26-22(27-37-23-14(4)33-8-7-21(23)42-27)13(3)35-28(38-26)34-12-16-18(31)9-15(30)10-19(16)32/h7-10,17,20,24-25,39-41H,5-6,11-12H2,1-4H3,(H2,34,35,36,38)/t17-,20+,24+,25-/m0/s1. The fourth-order valence-electron chi connectivity index (χ4n) is 5.67. The molecule has 1 fully saturated rings. The molecule has 4 aromatic rings. The van der Waals surface area contributed by atoms with Gasteiger partial charge in [0.15, 0.2) is 0 Å². The molecule has 4 atom stereocenters. The average molecular weight is 603 g/mol. The van der Waals surface area contributed by atoms with Crippen LogP contribution in [-0.2, 0) is 6.54 Å². The highest BCUT2D eigenvalue weighted by Gasteiger charge is 2.50. The van der Waals surface area contributed by atoms with E-state index >= 15 is 0 Å². The normalized spacial score (nSPS) is 20.8. The predicted molar refractivity (Wildman–Crippen MR) is 155 cm³/mol. The van der Waals surface area contributed by atoms with E-state index < -0.39 is 47.2 Å². The van der Waals surface area contributed by atoms with E-state index in [1.165, 1.54) is 11.3 Å². The van der Waals surface area contributed by atoms with E-state index in [9.17, 15) is 28.5 Å². The predicted octanol–water partition coefficient (Wildman–Crippen LogP) is 4.87. The zero-order chi connectivity index (χ0) is 30.3. The molecule has 42 heavy (non-hydrogen) atoms. The van der Waals surface area contributed by atoms with E-state index in [0.717, 1.165) is 15.9 Å². The Morgan fingerprint density at radius 2 is 1.69 bits per heavy atom. The summed E-state index contributed by atoms with van der Waals surface area (Å²) in [4.78, 5) is 18.2. The van der Waals surface area contributed by atoms with Crippen LogP contribution in [0.5, 0.6) is 0 Å². The Morgan fingerprint density at radius 3 is 2.33 bits per heavy atom.